The average molecular weight is 410 g/mol. The molecule has 2 aromatic carbocycles. The van der Waals surface area contributed by atoms with Crippen molar-refractivity contribution < 1.29 is 24.2 Å². The van der Waals surface area contributed by atoms with Crippen LogP contribution in [0.15, 0.2) is 54.6 Å². The number of amides is 2. The third kappa shape index (κ3) is 5.37. The van der Waals surface area contributed by atoms with Gasteiger partial charge in [-0.3, -0.25) is 9.59 Å². The fourth-order valence-electron chi connectivity index (χ4n) is 3.56. The first-order valence-corrected chi connectivity index (χ1v) is 9.82. The molecule has 1 aliphatic rings. The van der Waals surface area contributed by atoms with E-state index in [1.165, 1.54) is 4.90 Å². The molecule has 0 saturated carbocycles. The van der Waals surface area contributed by atoms with Crippen molar-refractivity contribution in [3.05, 3.63) is 65.7 Å². The van der Waals surface area contributed by atoms with E-state index in [-0.39, 0.29) is 12.0 Å². The van der Waals surface area contributed by atoms with E-state index in [4.69, 9.17) is 4.74 Å². The second-order valence-corrected chi connectivity index (χ2v) is 8.23. The highest BCUT2D eigenvalue weighted by atomic mass is 16.5. The molecule has 2 aromatic rings. The first kappa shape index (κ1) is 21.4. The Morgan fingerprint density at radius 2 is 1.77 bits per heavy atom. The Labute approximate surface area is 175 Å². The summed E-state index contributed by atoms with van der Waals surface area (Å²) in [6.45, 7) is 4.39. The van der Waals surface area contributed by atoms with E-state index in [9.17, 15) is 19.5 Å². The highest BCUT2D eigenvalue weighted by molar-refractivity contribution is 5.97. The molecular formula is C23H26N2O5. The molecule has 0 aliphatic carbocycles. The lowest BCUT2D eigenvalue weighted by atomic mass is 9.91. The van der Waals surface area contributed by atoms with Crippen LogP contribution in [0.1, 0.15) is 36.2 Å². The molecule has 0 aromatic heterocycles. The highest BCUT2D eigenvalue weighted by Gasteiger charge is 2.43. The van der Waals surface area contributed by atoms with Crippen LogP contribution in [0.25, 0.3) is 0 Å². The maximum atomic E-state index is 12.5. The molecule has 1 saturated heterocycles. The summed E-state index contributed by atoms with van der Waals surface area (Å²) in [6, 6.07) is 15.5. The second-order valence-electron chi connectivity index (χ2n) is 8.23. The Hall–Kier alpha value is -3.35. The van der Waals surface area contributed by atoms with Gasteiger partial charge >= 0.3 is 5.97 Å². The summed E-state index contributed by atoms with van der Waals surface area (Å²) >= 11 is 0. The Bertz CT molecular complexity index is 909. The first-order chi connectivity index (χ1) is 14.2. The van der Waals surface area contributed by atoms with Crippen molar-refractivity contribution in [1.82, 2.24) is 10.2 Å². The lowest BCUT2D eigenvalue weighted by molar-refractivity contribution is -0.147. The van der Waals surface area contributed by atoms with Gasteiger partial charge in [0.2, 0.25) is 5.91 Å². The van der Waals surface area contributed by atoms with E-state index in [1.807, 2.05) is 44.2 Å². The van der Waals surface area contributed by atoms with E-state index in [1.54, 1.807) is 24.3 Å². The van der Waals surface area contributed by atoms with Crippen LogP contribution in [-0.2, 0) is 16.2 Å². The molecule has 1 heterocycles. The maximum Gasteiger partial charge on any atom is 0.326 e. The van der Waals surface area contributed by atoms with Gasteiger partial charge in [0.1, 0.15) is 18.4 Å². The molecule has 7 nitrogen and oxygen atoms in total. The molecule has 1 atom stereocenters. The Kier molecular flexibility index (Phi) is 6.40. The van der Waals surface area contributed by atoms with Crippen molar-refractivity contribution in [2.75, 3.05) is 13.1 Å². The van der Waals surface area contributed by atoms with E-state index in [0.717, 1.165) is 5.56 Å². The zero-order valence-corrected chi connectivity index (χ0v) is 17.1. The molecule has 2 N–H and O–H groups in total. The van der Waals surface area contributed by atoms with Gasteiger partial charge in [-0.15, -0.1) is 0 Å². The van der Waals surface area contributed by atoms with E-state index < -0.39 is 23.8 Å². The van der Waals surface area contributed by atoms with E-state index in [0.29, 0.717) is 30.9 Å². The number of likely N-dealkylation sites (tertiary alicyclic amines) is 1. The van der Waals surface area contributed by atoms with Crippen molar-refractivity contribution in [3.8, 4) is 5.75 Å². The minimum Gasteiger partial charge on any atom is -0.489 e. The highest BCUT2D eigenvalue weighted by Crippen LogP contribution is 2.34. The molecular weight excluding hydrogens is 384 g/mol. The lowest BCUT2D eigenvalue weighted by Gasteiger charge is -2.22. The molecule has 3 rings (SSSR count). The van der Waals surface area contributed by atoms with Crippen LogP contribution < -0.4 is 10.1 Å². The fourth-order valence-corrected chi connectivity index (χ4v) is 3.56. The van der Waals surface area contributed by atoms with Gasteiger partial charge in [-0.05, 0) is 41.7 Å². The molecule has 0 radical (unpaired) electrons. The van der Waals surface area contributed by atoms with Gasteiger partial charge < -0.3 is 20.1 Å². The number of benzene rings is 2. The number of ether oxygens (including phenoxy) is 1. The van der Waals surface area contributed by atoms with Crippen molar-refractivity contribution in [2.24, 2.45) is 5.41 Å². The standard InChI is InChI=1S/C23H26N2O5/c1-23(2)12-19(22(28)29)25(15-23)20(26)13-24-21(27)17-8-10-18(11-9-17)30-14-16-6-4-3-5-7-16/h3-11,19H,12-15H2,1-2H3,(H,24,27)(H,28,29)/t19-/m0/s1. The smallest absolute Gasteiger partial charge is 0.326 e. The normalized spacial score (nSPS) is 17.4. The largest absolute Gasteiger partial charge is 0.489 e. The number of nitrogens with zero attached hydrogens (tertiary/aromatic N) is 1. The van der Waals surface area contributed by atoms with Crippen LogP contribution in [0.4, 0.5) is 0 Å². The summed E-state index contributed by atoms with van der Waals surface area (Å²) < 4.78 is 5.70. The number of aliphatic carboxylic acids is 1. The van der Waals surface area contributed by atoms with Gasteiger partial charge in [0, 0.05) is 12.1 Å². The molecule has 30 heavy (non-hydrogen) atoms. The number of carbonyl (C=O) groups is 3. The van der Waals surface area contributed by atoms with Crippen LogP contribution in [0.5, 0.6) is 5.75 Å². The summed E-state index contributed by atoms with van der Waals surface area (Å²) in [5, 5.41) is 11.9. The number of carboxylic acid groups (broad SMARTS) is 1. The number of rotatable bonds is 7. The summed E-state index contributed by atoms with van der Waals surface area (Å²) in [4.78, 5) is 37.6. The Morgan fingerprint density at radius 1 is 1.10 bits per heavy atom. The zero-order valence-electron chi connectivity index (χ0n) is 17.1. The predicted octanol–water partition coefficient (Wildman–Crippen LogP) is 2.71. The number of carboxylic acids is 1. The SMILES string of the molecule is CC1(C)C[C@@H](C(=O)O)N(C(=O)CNC(=O)c2ccc(OCc3ccccc3)cc2)C1. The second kappa shape index (κ2) is 8.98. The molecule has 158 valence electrons. The summed E-state index contributed by atoms with van der Waals surface area (Å²) in [6.07, 6.45) is 0.395. The summed E-state index contributed by atoms with van der Waals surface area (Å²) in [5.41, 5.74) is 1.17. The molecule has 0 bridgehead atoms. The van der Waals surface area contributed by atoms with Gasteiger partial charge in [0.05, 0.1) is 6.54 Å². The number of hydrogen-bond acceptors (Lipinski definition) is 4. The van der Waals surface area contributed by atoms with Crippen LogP contribution in [0.3, 0.4) is 0 Å². The van der Waals surface area contributed by atoms with Crippen LogP contribution >= 0.6 is 0 Å². The van der Waals surface area contributed by atoms with Gasteiger partial charge in [-0.25, -0.2) is 4.79 Å². The van der Waals surface area contributed by atoms with Gasteiger partial charge in [-0.1, -0.05) is 44.2 Å². The van der Waals surface area contributed by atoms with Crippen molar-refractivity contribution in [2.45, 2.75) is 32.9 Å². The molecule has 1 fully saturated rings. The molecule has 0 spiro atoms. The van der Waals surface area contributed by atoms with Gasteiger partial charge in [0.15, 0.2) is 0 Å². The van der Waals surface area contributed by atoms with Crippen LogP contribution in [-0.4, -0.2) is 46.9 Å². The average Bonchev–Trinajstić information content (AvgIpc) is 3.07. The van der Waals surface area contributed by atoms with Crippen molar-refractivity contribution in [3.63, 3.8) is 0 Å². The van der Waals surface area contributed by atoms with Crippen molar-refractivity contribution in [1.29, 1.82) is 0 Å². The van der Waals surface area contributed by atoms with Crippen LogP contribution in [0, 0.1) is 5.41 Å². The number of hydrogen-bond donors (Lipinski definition) is 2. The van der Waals surface area contributed by atoms with E-state index in [2.05, 4.69) is 5.32 Å². The minimum absolute atomic E-state index is 0.245. The quantitative estimate of drug-likeness (QED) is 0.732. The van der Waals surface area contributed by atoms with Crippen LogP contribution in [0.2, 0.25) is 0 Å². The fraction of sp³-hybridized carbons (Fsp3) is 0.348. The predicted molar refractivity (Wildman–Crippen MR) is 111 cm³/mol. The summed E-state index contributed by atoms with van der Waals surface area (Å²) in [7, 11) is 0. The maximum absolute atomic E-state index is 12.5. The number of carbonyl (C=O) groups excluding carboxylic acids is 2. The third-order valence-corrected chi connectivity index (χ3v) is 5.09. The molecule has 1 aliphatic heterocycles. The van der Waals surface area contributed by atoms with Crippen molar-refractivity contribution >= 4 is 17.8 Å². The molecule has 0 unspecified atom stereocenters. The lowest BCUT2D eigenvalue weighted by Crippen LogP contribution is -2.45. The monoisotopic (exact) mass is 410 g/mol. The number of nitrogens with one attached hydrogen (secondary N) is 1. The third-order valence-electron chi connectivity index (χ3n) is 5.09. The molecule has 2 amide bonds. The van der Waals surface area contributed by atoms with Gasteiger partial charge in [0.25, 0.3) is 5.91 Å². The summed E-state index contributed by atoms with van der Waals surface area (Å²) in [5.74, 6) is -1.19. The Morgan fingerprint density at radius 3 is 2.40 bits per heavy atom. The van der Waals surface area contributed by atoms with E-state index >= 15 is 0 Å². The molecule has 7 heteroatoms. The topological polar surface area (TPSA) is 95.9 Å². The first-order valence-electron chi connectivity index (χ1n) is 9.82. The Balaban J connectivity index is 1.52. The zero-order chi connectivity index (χ0) is 21.7. The van der Waals surface area contributed by atoms with Gasteiger partial charge in [-0.2, -0.15) is 0 Å². The minimum atomic E-state index is -1.02.